The average molecular weight is 254 g/mol. The SMILES string of the molecule is CCC1(CC)CN(CCC2CCOC2)CCCN1. The van der Waals surface area contributed by atoms with E-state index >= 15 is 0 Å². The maximum Gasteiger partial charge on any atom is 0.0495 e. The molecule has 2 rings (SSSR count). The van der Waals surface area contributed by atoms with Crippen LogP contribution < -0.4 is 5.32 Å². The van der Waals surface area contributed by atoms with Crippen LogP contribution in [-0.2, 0) is 4.74 Å². The van der Waals surface area contributed by atoms with E-state index in [1.54, 1.807) is 0 Å². The monoisotopic (exact) mass is 254 g/mol. The van der Waals surface area contributed by atoms with Crippen LogP contribution >= 0.6 is 0 Å². The largest absolute Gasteiger partial charge is 0.381 e. The lowest BCUT2D eigenvalue weighted by molar-refractivity contribution is 0.167. The molecule has 1 N–H and O–H groups in total. The highest BCUT2D eigenvalue weighted by atomic mass is 16.5. The molecule has 2 aliphatic rings. The second kappa shape index (κ2) is 6.88. The summed E-state index contributed by atoms with van der Waals surface area (Å²) in [6.45, 7) is 11.6. The Hall–Kier alpha value is -0.120. The summed E-state index contributed by atoms with van der Waals surface area (Å²) in [7, 11) is 0. The van der Waals surface area contributed by atoms with Crippen molar-refractivity contribution in [2.45, 2.75) is 51.5 Å². The molecule has 0 bridgehead atoms. The molecule has 0 aliphatic carbocycles. The predicted molar refractivity (Wildman–Crippen MR) is 75.9 cm³/mol. The van der Waals surface area contributed by atoms with Crippen molar-refractivity contribution in [2.75, 3.05) is 39.4 Å². The Morgan fingerprint density at radius 1 is 1.33 bits per heavy atom. The van der Waals surface area contributed by atoms with Gasteiger partial charge in [0.1, 0.15) is 0 Å². The topological polar surface area (TPSA) is 24.5 Å². The number of hydrogen-bond donors (Lipinski definition) is 1. The Morgan fingerprint density at radius 3 is 2.83 bits per heavy atom. The van der Waals surface area contributed by atoms with Gasteiger partial charge in [-0.2, -0.15) is 0 Å². The molecule has 0 saturated carbocycles. The first-order chi connectivity index (χ1) is 8.78. The molecule has 1 unspecified atom stereocenters. The Balaban J connectivity index is 1.82. The van der Waals surface area contributed by atoms with Crippen LogP contribution in [0.4, 0.5) is 0 Å². The highest BCUT2D eigenvalue weighted by Crippen LogP contribution is 2.22. The summed E-state index contributed by atoms with van der Waals surface area (Å²) in [6.07, 6.45) is 6.38. The minimum absolute atomic E-state index is 0.364. The van der Waals surface area contributed by atoms with Crippen LogP contribution in [-0.4, -0.2) is 49.8 Å². The van der Waals surface area contributed by atoms with Crippen molar-refractivity contribution in [3.8, 4) is 0 Å². The minimum atomic E-state index is 0.364. The number of nitrogens with zero attached hydrogens (tertiary/aromatic N) is 1. The van der Waals surface area contributed by atoms with Crippen molar-refractivity contribution in [2.24, 2.45) is 5.92 Å². The van der Waals surface area contributed by atoms with Crippen LogP contribution in [0.3, 0.4) is 0 Å². The van der Waals surface area contributed by atoms with Crippen molar-refractivity contribution < 1.29 is 4.74 Å². The van der Waals surface area contributed by atoms with E-state index in [9.17, 15) is 0 Å². The van der Waals surface area contributed by atoms with Crippen LogP contribution in [0, 0.1) is 5.92 Å². The average Bonchev–Trinajstić information content (AvgIpc) is 2.83. The zero-order valence-corrected chi connectivity index (χ0v) is 12.2. The molecular formula is C15H30N2O. The minimum Gasteiger partial charge on any atom is -0.381 e. The quantitative estimate of drug-likeness (QED) is 0.814. The van der Waals surface area contributed by atoms with Crippen LogP contribution in [0.15, 0.2) is 0 Å². The van der Waals surface area contributed by atoms with Crippen LogP contribution in [0.25, 0.3) is 0 Å². The van der Waals surface area contributed by atoms with Crippen molar-refractivity contribution in [1.82, 2.24) is 10.2 Å². The number of hydrogen-bond acceptors (Lipinski definition) is 3. The lowest BCUT2D eigenvalue weighted by atomic mass is 9.92. The Labute approximate surface area is 112 Å². The maximum atomic E-state index is 5.47. The first-order valence-electron chi connectivity index (χ1n) is 7.83. The Morgan fingerprint density at radius 2 is 2.17 bits per heavy atom. The summed E-state index contributed by atoms with van der Waals surface area (Å²) in [6, 6.07) is 0. The van der Waals surface area contributed by atoms with Crippen LogP contribution in [0.5, 0.6) is 0 Å². The Bertz CT molecular complexity index is 235. The fourth-order valence-corrected chi connectivity index (χ4v) is 3.31. The zero-order chi connectivity index (χ0) is 12.8. The molecule has 0 aromatic carbocycles. The molecule has 3 nitrogen and oxygen atoms in total. The fraction of sp³-hybridized carbons (Fsp3) is 1.00. The Kier molecular flexibility index (Phi) is 5.46. The molecule has 0 radical (unpaired) electrons. The lowest BCUT2D eigenvalue weighted by Gasteiger charge is -2.35. The summed E-state index contributed by atoms with van der Waals surface area (Å²) in [5, 5.41) is 3.79. The molecular weight excluding hydrogens is 224 g/mol. The second-order valence-electron chi connectivity index (χ2n) is 6.06. The van der Waals surface area contributed by atoms with Crippen molar-refractivity contribution in [1.29, 1.82) is 0 Å². The van der Waals surface area contributed by atoms with E-state index in [1.807, 2.05) is 0 Å². The molecule has 2 saturated heterocycles. The summed E-state index contributed by atoms with van der Waals surface area (Å²) in [5.74, 6) is 0.818. The van der Waals surface area contributed by atoms with Crippen molar-refractivity contribution in [3.05, 3.63) is 0 Å². The smallest absolute Gasteiger partial charge is 0.0495 e. The zero-order valence-electron chi connectivity index (χ0n) is 12.2. The number of nitrogens with one attached hydrogen (secondary N) is 1. The van der Waals surface area contributed by atoms with Gasteiger partial charge in [0.25, 0.3) is 0 Å². The summed E-state index contributed by atoms with van der Waals surface area (Å²) in [4.78, 5) is 2.69. The van der Waals surface area contributed by atoms with E-state index < -0.39 is 0 Å². The van der Waals surface area contributed by atoms with Crippen molar-refractivity contribution >= 4 is 0 Å². The molecule has 0 aromatic heterocycles. The summed E-state index contributed by atoms with van der Waals surface area (Å²) >= 11 is 0. The molecule has 18 heavy (non-hydrogen) atoms. The summed E-state index contributed by atoms with van der Waals surface area (Å²) < 4.78 is 5.47. The molecule has 0 aromatic rings. The van der Waals surface area contributed by atoms with E-state index in [4.69, 9.17) is 4.74 Å². The normalized spacial score (nSPS) is 29.3. The van der Waals surface area contributed by atoms with Gasteiger partial charge >= 0.3 is 0 Å². The number of ether oxygens (including phenoxy) is 1. The third-order valence-corrected chi connectivity index (χ3v) is 4.91. The lowest BCUT2D eigenvalue weighted by Crippen LogP contribution is -2.50. The van der Waals surface area contributed by atoms with Crippen LogP contribution in [0.1, 0.15) is 46.0 Å². The molecule has 2 aliphatic heterocycles. The van der Waals surface area contributed by atoms with Gasteiger partial charge in [-0.3, -0.25) is 0 Å². The standard InChI is InChI=1S/C15H30N2O/c1-3-15(4-2)13-17(9-5-8-16-15)10-6-14-7-11-18-12-14/h14,16H,3-13H2,1-2H3. The van der Waals surface area contributed by atoms with Gasteiger partial charge in [-0.1, -0.05) is 13.8 Å². The van der Waals surface area contributed by atoms with Crippen molar-refractivity contribution in [3.63, 3.8) is 0 Å². The van der Waals surface area contributed by atoms with E-state index in [2.05, 4.69) is 24.1 Å². The fourth-order valence-electron chi connectivity index (χ4n) is 3.31. The second-order valence-corrected chi connectivity index (χ2v) is 6.06. The highest BCUT2D eigenvalue weighted by Gasteiger charge is 2.30. The van der Waals surface area contributed by atoms with E-state index in [0.29, 0.717) is 5.54 Å². The van der Waals surface area contributed by atoms with Crippen LogP contribution in [0.2, 0.25) is 0 Å². The molecule has 2 fully saturated rings. The van der Waals surface area contributed by atoms with Gasteiger partial charge in [0.15, 0.2) is 0 Å². The highest BCUT2D eigenvalue weighted by molar-refractivity contribution is 4.91. The molecule has 0 amide bonds. The van der Waals surface area contributed by atoms with Gasteiger partial charge in [0.2, 0.25) is 0 Å². The van der Waals surface area contributed by atoms with Gasteiger partial charge < -0.3 is 15.0 Å². The van der Waals surface area contributed by atoms with E-state index in [0.717, 1.165) is 19.1 Å². The molecule has 1 atom stereocenters. The molecule has 3 heteroatoms. The predicted octanol–water partition coefficient (Wildman–Crippen LogP) is 2.27. The summed E-state index contributed by atoms with van der Waals surface area (Å²) in [5.41, 5.74) is 0.364. The first-order valence-corrected chi connectivity index (χ1v) is 7.83. The van der Waals surface area contributed by atoms with Gasteiger partial charge in [-0.15, -0.1) is 0 Å². The maximum absolute atomic E-state index is 5.47. The van der Waals surface area contributed by atoms with Gasteiger partial charge in [-0.05, 0) is 57.7 Å². The third-order valence-electron chi connectivity index (χ3n) is 4.91. The molecule has 0 spiro atoms. The third kappa shape index (κ3) is 3.69. The van der Waals surface area contributed by atoms with E-state index in [-0.39, 0.29) is 0 Å². The number of rotatable bonds is 5. The first kappa shape index (κ1) is 14.3. The molecule has 2 heterocycles. The van der Waals surface area contributed by atoms with Gasteiger partial charge in [-0.25, -0.2) is 0 Å². The molecule has 106 valence electrons. The van der Waals surface area contributed by atoms with E-state index in [1.165, 1.54) is 58.3 Å². The van der Waals surface area contributed by atoms with Gasteiger partial charge in [0.05, 0.1) is 0 Å². The van der Waals surface area contributed by atoms with Gasteiger partial charge in [0, 0.05) is 25.3 Å².